The van der Waals surface area contributed by atoms with Gasteiger partial charge in [0.1, 0.15) is 4.90 Å². The zero-order chi connectivity index (χ0) is 16.4. The first-order valence-electron chi connectivity index (χ1n) is 6.56. The van der Waals surface area contributed by atoms with Crippen LogP contribution in [0.3, 0.4) is 0 Å². The molecule has 0 saturated carbocycles. The minimum Gasteiger partial charge on any atom is -0.398 e. The van der Waals surface area contributed by atoms with Gasteiger partial charge < -0.3 is 5.73 Å². The van der Waals surface area contributed by atoms with Crippen molar-refractivity contribution in [2.24, 2.45) is 5.92 Å². The van der Waals surface area contributed by atoms with Crippen LogP contribution in [-0.2, 0) is 19.9 Å². The number of hydrogen-bond acceptors (Lipinski definition) is 5. The number of nitrogens with two attached hydrogens (primary N) is 1. The smallest absolute Gasteiger partial charge is 0.244 e. The fraction of sp³-hybridized carbons (Fsp3) is 0.538. The topological polar surface area (TPSA) is 97.5 Å². The lowest BCUT2D eigenvalue weighted by molar-refractivity contribution is 0.394. The van der Waals surface area contributed by atoms with E-state index in [0.29, 0.717) is 6.54 Å². The molecule has 1 unspecified atom stereocenters. The van der Waals surface area contributed by atoms with E-state index in [-0.39, 0.29) is 21.4 Å². The van der Waals surface area contributed by atoms with E-state index >= 15 is 0 Å². The summed E-state index contributed by atoms with van der Waals surface area (Å²) >= 11 is 0. The molecule has 0 heterocycles. The molecule has 1 aromatic carbocycles. The first-order chi connectivity index (χ1) is 9.50. The van der Waals surface area contributed by atoms with Crippen LogP contribution in [0.4, 0.5) is 5.69 Å². The van der Waals surface area contributed by atoms with Crippen LogP contribution in [0.2, 0.25) is 0 Å². The van der Waals surface area contributed by atoms with Gasteiger partial charge in [-0.2, -0.15) is 0 Å². The van der Waals surface area contributed by atoms with Crippen molar-refractivity contribution in [3.8, 4) is 0 Å². The number of benzene rings is 1. The lowest BCUT2D eigenvalue weighted by Gasteiger charge is -2.21. The monoisotopic (exact) mass is 334 g/mol. The number of nitrogens with zero attached hydrogens (tertiary/aromatic N) is 1. The number of rotatable bonds is 6. The maximum Gasteiger partial charge on any atom is 0.244 e. The second-order valence-electron chi connectivity index (χ2n) is 5.27. The Morgan fingerprint density at radius 1 is 1.24 bits per heavy atom. The Morgan fingerprint density at radius 3 is 2.29 bits per heavy atom. The van der Waals surface area contributed by atoms with Gasteiger partial charge in [0.15, 0.2) is 9.84 Å². The second-order valence-corrected chi connectivity index (χ2v) is 9.30. The number of sulfonamides is 1. The Bertz CT molecular complexity index is 712. The molecule has 0 aliphatic carbocycles. The summed E-state index contributed by atoms with van der Waals surface area (Å²) in [6, 6.07) is 3.73. The molecule has 0 spiro atoms. The van der Waals surface area contributed by atoms with Crippen LogP contribution < -0.4 is 5.73 Å². The standard InChI is InChI=1S/C13H22N2O4S2/c1-5-10(2)9-15(3)21(18,19)13-8-11(20(4,16)17)6-7-12(13)14/h6-8,10H,5,9,14H2,1-4H3. The summed E-state index contributed by atoms with van der Waals surface area (Å²) in [5.41, 5.74) is 5.76. The molecule has 6 nitrogen and oxygen atoms in total. The number of anilines is 1. The molecule has 1 atom stereocenters. The highest BCUT2D eigenvalue weighted by Crippen LogP contribution is 2.25. The summed E-state index contributed by atoms with van der Waals surface area (Å²) in [6.45, 7) is 4.27. The van der Waals surface area contributed by atoms with E-state index in [9.17, 15) is 16.8 Å². The first-order valence-corrected chi connectivity index (χ1v) is 9.89. The van der Waals surface area contributed by atoms with Gasteiger partial charge in [0.2, 0.25) is 10.0 Å². The Labute approximate surface area is 126 Å². The molecule has 0 saturated heterocycles. The maximum absolute atomic E-state index is 12.5. The molecule has 120 valence electrons. The Hall–Kier alpha value is -1.12. The summed E-state index contributed by atoms with van der Waals surface area (Å²) in [6.07, 6.45) is 1.87. The quantitative estimate of drug-likeness (QED) is 0.792. The molecule has 0 aliphatic heterocycles. The van der Waals surface area contributed by atoms with E-state index < -0.39 is 19.9 Å². The summed E-state index contributed by atoms with van der Waals surface area (Å²) in [5.74, 6) is 0.198. The van der Waals surface area contributed by atoms with Crippen molar-refractivity contribution in [3.05, 3.63) is 18.2 Å². The molecule has 1 aromatic rings. The van der Waals surface area contributed by atoms with Gasteiger partial charge in [0.25, 0.3) is 0 Å². The molecule has 0 amide bonds. The van der Waals surface area contributed by atoms with Crippen LogP contribution in [0.15, 0.2) is 28.0 Å². The van der Waals surface area contributed by atoms with E-state index in [2.05, 4.69) is 0 Å². The van der Waals surface area contributed by atoms with Crippen molar-refractivity contribution in [1.29, 1.82) is 0 Å². The van der Waals surface area contributed by atoms with Crippen molar-refractivity contribution in [1.82, 2.24) is 4.31 Å². The average molecular weight is 334 g/mol. The fourth-order valence-corrected chi connectivity index (χ4v) is 3.95. The minimum atomic E-state index is -3.81. The Kier molecular flexibility index (Phi) is 5.40. The highest BCUT2D eigenvalue weighted by atomic mass is 32.2. The normalized spacial score (nSPS) is 14.3. The van der Waals surface area contributed by atoms with E-state index in [1.807, 2.05) is 13.8 Å². The summed E-state index contributed by atoms with van der Waals surface area (Å²) in [5, 5.41) is 0. The van der Waals surface area contributed by atoms with Gasteiger partial charge in [-0.1, -0.05) is 20.3 Å². The molecular formula is C13H22N2O4S2. The molecule has 0 aromatic heterocycles. The Balaban J connectivity index is 3.31. The minimum absolute atomic E-state index is 0.0402. The fourth-order valence-electron chi connectivity index (χ4n) is 1.80. The van der Waals surface area contributed by atoms with Gasteiger partial charge in [0, 0.05) is 19.8 Å². The number of hydrogen-bond donors (Lipinski definition) is 1. The lowest BCUT2D eigenvalue weighted by Crippen LogP contribution is -2.31. The van der Waals surface area contributed by atoms with Crippen molar-refractivity contribution in [2.45, 2.75) is 30.1 Å². The largest absolute Gasteiger partial charge is 0.398 e. The van der Waals surface area contributed by atoms with Gasteiger partial charge >= 0.3 is 0 Å². The SMILES string of the molecule is CCC(C)CN(C)S(=O)(=O)c1cc(S(C)(=O)=O)ccc1N. The van der Waals surface area contributed by atoms with E-state index in [0.717, 1.165) is 18.7 Å². The maximum atomic E-state index is 12.5. The van der Waals surface area contributed by atoms with Crippen LogP contribution >= 0.6 is 0 Å². The highest BCUT2D eigenvalue weighted by Gasteiger charge is 2.25. The first kappa shape index (κ1) is 17.9. The highest BCUT2D eigenvalue weighted by molar-refractivity contribution is 7.91. The third kappa shape index (κ3) is 4.18. The molecule has 0 radical (unpaired) electrons. The Morgan fingerprint density at radius 2 is 1.81 bits per heavy atom. The summed E-state index contributed by atoms with van der Waals surface area (Å²) in [4.78, 5) is -0.233. The predicted molar refractivity (Wildman–Crippen MR) is 83.2 cm³/mol. The van der Waals surface area contributed by atoms with Gasteiger partial charge in [-0.25, -0.2) is 21.1 Å². The van der Waals surface area contributed by atoms with Crippen molar-refractivity contribution >= 4 is 25.5 Å². The van der Waals surface area contributed by atoms with Crippen LogP contribution in [-0.4, -0.2) is 41.0 Å². The molecule has 21 heavy (non-hydrogen) atoms. The molecule has 0 bridgehead atoms. The van der Waals surface area contributed by atoms with Gasteiger partial charge in [-0.05, 0) is 24.1 Å². The zero-order valence-corrected chi connectivity index (χ0v) is 14.3. The third-order valence-corrected chi connectivity index (χ3v) is 6.36. The summed E-state index contributed by atoms with van der Waals surface area (Å²) in [7, 11) is -5.84. The van der Waals surface area contributed by atoms with Crippen LogP contribution in [0, 0.1) is 5.92 Å². The van der Waals surface area contributed by atoms with Crippen LogP contribution in [0.5, 0.6) is 0 Å². The van der Waals surface area contributed by atoms with E-state index in [1.165, 1.54) is 23.5 Å². The van der Waals surface area contributed by atoms with E-state index in [1.54, 1.807) is 0 Å². The van der Waals surface area contributed by atoms with Gasteiger partial charge in [-0.15, -0.1) is 0 Å². The van der Waals surface area contributed by atoms with Gasteiger partial charge in [0.05, 0.1) is 10.6 Å². The molecule has 1 rings (SSSR count). The van der Waals surface area contributed by atoms with Crippen LogP contribution in [0.25, 0.3) is 0 Å². The van der Waals surface area contributed by atoms with Gasteiger partial charge in [-0.3, -0.25) is 0 Å². The third-order valence-electron chi connectivity index (χ3n) is 3.37. The molecule has 0 aliphatic rings. The molecule has 8 heteroatoms. The molecule has 0 fully saturated rings. The number of nitrogen functional groups attached to an aromatic ring is 1. The second kappa shape index (κ2) is 6.33. The van der Waals surface area contributed by atoms with E-state index in [4.69, 9.17) is 5.73 Å². The average Bonchev–Trinajstić information content (AvgIpc) is 2.37. The zero-order valence-electron chi connectivity index (χ0n) is 12.7. The molecule has 2 N–H and O–H groups in total. The van der Waals surface area contributed by atoms with Crippen molar-refractivity contribution in [2.75, 3.05) is 25.6 Å². The predicted octanol–water partition coefficient (Wildman–Crippen LogP) is 1.34. The van der Waals surface area contributed by atoms with Crippen molar-refractivity contribution in [3.63, 3.8) is 0 Å². The molecular weight excluding hydrogens is 312 g/mol. The number of sulfone groups is 1. The summed E-state index contributed by atoms with van der Waals surface area (Å²) < 4.78 is 49.4. The van der Waals surface area contributed by atoms with Crippen molar-refractivity contribution < 1.29 is 16.8 Å². The van der Waals surface area contributed by atoms with Crippen LogP contribution in [0.1, 0.15) is 20.3 Å². The lowest BCUT2D eigenvalue weighted by atomic mass is 10.1.